The van der Waals surface area contributed by atoms with Gasteiger partial charge in [0.15, 0.2) is 0 Å². The molecule has 1 aliphatic rings. The van der Waals surface area contributed by atoms with Gasteiger partial charge in [-0.3, -0.25) is 4.79 Å². The second kappa shape index (κ2) is 10.4. The maximum Gasteiger partial charge on any atom is 0.246 e. The van der Waals surface area contributed by atoms with Crippen LogP contribution in [0.25, 0.3) is 0 Å². The first-order valence-corrected chi connectivity index (χ1v) is 10.8. The molecule has 3 N–H and O–H groups in total. The van der Waals surface area contributed by atoms with E-state index in [-0.39, 0.29) is 11.9 Å². The fourth-order valence-electron chi connectivity index (χ4n) is 3.73. The van der Waals surface area contributed by atoms with E-state index in [1.807, 2.05) is 54.6 Å². The van der Waals surface area contributed by atoms with Crippen molar-refractivity contribution < 1.29 is 9.53 Å². The summed E-state index contributed by atoms with van der Waals surface area (Å²) < 4.78 is 5.83. The van der Waals surface area contributed by atoms with Crippen LogP contribution in [-0.2, 0) is 4.79 Å². The number of rotatable bonds is 8. The normalized spacial score (nSPS) is 15.4. The zero-order valence-corrected chi connectivity index (χ0v) is 18.2. The van der Waals surface area contributed by atoms with Crippen LogP contribution in [0.2, 0.25) is 0 Å². The molecule has 0 aliphatic carbocycles. The van der Waals surface area contributed by atoms with E-state index in [4.69, 9.17) is 10.1 Å². The molecule has 1 atom stereocenters. The summed E-state index contributed by atoms with van der Waals surface area (Å²) in [4.78, 5) is 22.4. The molecule has 1 aliphatic heterocycles. The summed E-state index contributed by atoms with van der Waals surface area (Å²) in [7, 11) is 0. The van der Waals surface area contributed by atoms with Gasteiger partial charge in [0.1, 0.15) is 29.5 Å². The molecular formula is C25H26N6O2. The molecule has 1 fully saturated rings. The van der Waals surface area contributed by atoms with Gasteiger partial charge in [-0.05, 0) is 55.3 Å². The van der Waals surface area contributed by atoms with Crippen molar-refractivity contribution in [3.8, 4) is 11.5 Å². The number of ether oxygens (including phenoxy) is 1. The molecular weight excluding hydrogens is 416 g/mol. The predicted molar refractivity (Wildman–Crippen MR) is 130 cm³/mol. The maximum atomic E-state index is 12.0. The van der Waals surface area contributed by atoms with Crippen molar-refractivity contribution >= 4 is 29.4 Å². The van der Waals surface area contributed by atoms with E-state index in [9.17, 15) is 4.79 Å². The third-order valence-corrected chi connectivity index (χ3v) is 5.37. The predicted octanol–water partition coefficient (Wildman–Crippen LogP) is 4.60. The number of nitrogens with one attached hydrogen (secondary N) is 3. The Morgan fingerprint density at radius 3 is 2.55 bits per heavy atom. The molecule has 1 saturated heterocycles. The number of amides is 1. The average molecular weight is 443 g/mol. The van der Waals surface area contributed by atoms with E-state index in [0.29, 0.717) is 23.7 Å². The van der Waals surface area contributed by atoms with Crippen LogP contribution in [0.15, 0.2) is 73.6 Å². The Hall–Kier alpha value is -4.20. The van der Waals surface area contributed by atoms with Crippen molar-refractivity contribution in [2.75, 3.05) is 23.7 Å². The highest BCUT2D eigenvalue weighted by Gasteiger charge is 2.23. The maximum absolute atomic E-state index is 12.0. The second-order valence-corrected chi connectivity index (χ2v) is 7.67. The van der Waals surface area contributed by atoms with Crippen molar-refractivity contribution in [2.45, 2.75) is 18.9 Å². The van der Waals surface area contributed by atoms with Crippen LogP contribution < -0.4 is 15.4 Å². The molecule has 33 heavy (non-hydrogen) atoms. The van der Waals surface area contributed by atoms with Crippen LogP contribution in [0.1, 0.15) is 18.4 Å². The number of anilines is 3. The summed E-state index contributed by atoms with van der Waals surface area (Å²) in [5.41, 5.74) is 1.36. The van der Waals surface area contributed by atoms with Gasteiger partial charge in [-0.25, -0.2) is 9.97 Å². The van der Waals surface area contributed by atoms with Crippen LogP contribution in [0.4, 0.5) is 17.3 Å². The monoisotopic (exact) mass is 442 g/mol. The highest BCUT2D eigenvalue weighted by Crippen LogP contribution is 2.27. The Labute approximate surface area is 192 Å². The highest BCUT2D eigenvalue weighted by atomic mass is 16.5. The van der Waals surface area contributed by atoms with Gasteiger partial charge in [-0.15, -0.1) is 0 Å². The smallest absolute Gasteiger partial charge is 0.246 e. The number of hydrogen-bond donors (Lipinski definition) is 3. The Bertz CT molecular complexity index is 1120. The first kappa shape index (κ1) is 22.0. The van der Waals surface area contributed by atoms with Crippen molar-refractivity contribution in [1.29, 1.82) is 5.41 Å². The molecule has 168 valence electrons. The molecule has 0 saturated carbocycles. The number of benzene rings is 2. The van der Waals surface area contributed by atoms with Gasteiger partial charge in [0.25, 0.3) is 0 Å². The lowest BCUT2D eigenvalue weighted by molar-refractivity contribution is -0.127. The van der Waals surface area contributed by atoms with Gasteiger partial charge in [0.2, 0.25) is 5.91 Å². The second-order valence-electron chi connectivity index (χ2n) is 7.67. The number of nitrogens with zero attached hydrogens (tertiary/aromatic N) is 3. The van der Waals surface area contributed by atoms with E-state index >= 15 is 0 Å². The minimum atomic E-state index is -0.0708. The van der Waals surface area contributed by atoms with Gasteiger partial charge < -0.3 is 25.7 Å². The van der Waals surface area contributed by atoms with Crippen LogP contribution in [0, 0.1) is 5.41 Å². The standard InChI is InChI=1S/C25H26N6O2/c1-2-23(32)31-14-6-7-19(16-31)30-25-22(15-26)24(27-17-28-25)29-18-10-12-21(13-11-18)33-20-8-4-3-5-9-20/h2-5,8-13,15,17,19,26H,1,6-7,14,16H2,(H2,27,28,29,30)/t19-/m1/s1. The number of likely N-dealkylation sites (tertiary alicyclic amines) is 1. The van der Waals surface area contributed by atoms with Crippen molar-refractivity contribution in [2.24, 2.45) is 0 Å². The molecule has 2 aromatic carbocycles. The topological polar surface area (TPSA) is 103 Å². The van der Waals surface area contributed by atoms with E-state index in [1.54, 1.807) is 4.90 Å². The molecule has 1 aromatic heterocycles. The van der Waals surface area contributed by atoms with E-state index in [1.165, 1.54) is 18.6 Å². The van der Waals surface area contributed by atoms with Crippen LogP contribution in [0.5, 0.6) is 11.5 Å². The Morgan fingerprint density at radius 1 is 1.09 bits per heavy atom. The Morgan fingerprint density at radius 2 is 1.82 bits per heavy atom. The lowest BCUT2D eigenvalue weighted by Gasteiger charge is -2.33. The highest BCUT2D eigenvalue weighted by molar-refractivity contribution is 5.92. The average Bonchev–Trinajstić information content (AvgIpc) is 2.86. The number of carbonyl (C=O) groups is 1. The molecule has 0 spiro atoms. The van der Waals surface area contributed by atoms with E-state index < -0.39 is 0 Å². The SMILES string of the molecule is C=CC(=O)N1CCC[C@@H](Nc2ncnc(Nc3ccc(Oc4ccccc4)cc3)c2C=N)C1. The summed E-state index contributed by atoms with van der Waals surface area (Å²) in [6, 6.07) is 17.1. The molecule has 8 heteroatoms. The van der Waals surface area contributed by atoms with Gasteiger partial charge >= 0.3 is 0 Å². The molecule has 0 bridgehead atoms. The zero-order valence-electron chi connectivity index (χ0n) is 18.2. The Balaban J connectivity index is 1.45. The number of carbonyl (C=O) groups excluding carboxylic acids is 1. The van der Waals surface area contributed by atoms with Crippen LogP contribution in [0.3, 0.4) is 0 Å². The van der Waals surface area contributed by atoms with Crippen molar-refractivity contribution in [1.82, 2.24) is 14.9 Å². The largest absolute Gasteiger partial charge is 0.457 e. The third-order valence-electron chi connectivity index (χ3n) is 5.37. The van der Waals surface area contributed by atoms with E-state index in [0.717, 1.165) is 36.6 Å². The quantitative estimate of drug-likeness (QED) is 0.348. The molecule has 0 radical (unpaired) electrons. The van der Waals surface area contributed by atoms with Gasteiger partial charge in [0, 0.05) is 31.0 Å². The van der Waals surface area contributed by atoms with Crippen molar-refractivity contribution in [3.05, 3.63) is 79.1 Å². The molecule has 8 nitrogen and oxygen atoms in total. The van der Waals surface area contributed by atoms with Crippen LogP contribution >= 0.6 is 0 Å². The minimum Gasteiger partial charge on any atom is -0.457 e. The minimum absolute atomic E-state index is 0.0403. The molecule has 3 aromatic rings. The van der Waals surface area contributed by atoms with Gasteiger partial charge in [-0.1, -0.05) is 24.8 Å². The number of piperidine rings is 1. The first-order chi connectivity index (χ1) is 16.2. The number of hydrogen-bond acceptors (Lipinski definition) is 7. The lowest BCUT2D eigenvalue weighted by atomic mass is 10.1. The molecule has 2 heterocycles. The van der Waals surface area contributed by atoms with E-state index in [2.05, 4.69) is 27.2 Å². The summed E-state index contributed by atoms with van der Waals surface area (Å²) >= 11 is 0. The third kappa shape index (κ3) is 5.54. The Kier molecular flexibility index (Phi) is 6.94. The summed E-state index contributed by atoms with van der Waals surface area (Å²) in [5, 5.41) is 14.6. The molecule has 0 unspecified atom stereocenters. The lowest BCUT2D eigenvalue weighted by Crippen LogP contribution is -2.44. The fraction of sp³-hybridized carbons (Fsp3) is 0.200. The van der Waals surface area contributed by atoms with Gasteiger partial charge in [0.05, 0.1) is 5.56 Å². The number of para-hydroxylation sites is 1. The summed E-state index contributed by atoms with van der Waals surface area (Å²) in [6.07, 6.45) is 5.83. The van der Waals surface area contributed by atoms with Crippen molar-refractivity contribution in [3.63, 3.8) is 0 Å². The summed E-state index contributed by atoms with van der Waals surface area (Å²) in [5.74, 6) is 2.50. The fourth-order valence-corrected chi connectivity index (χ4v) is 3.73. The van der Waals surface area contributed by atoms with Gasteiger partial charge in [-0.2, -0.15) is 0 Å². The number of aromatic nitrogens is 2. The summed E-state index contributed by atoms with van der Waals surface area (Å²) in [6.45, 7) is 4.86. The first-order valence-electron chi connectivity index (χ1n) is 10.8. The zero-order chi connectivity index (χ0) is 23.0. The molecule has 1 amide bonds. The van der Waals surface area contributed by atoms with Crippen LogP contribution in [-0.4, -0.2) is 46.1 Å². The molecule has 4 rings (SSSR count).